The van der Waals surface area contributed by atoms with Crippen LogP contribution in [0.15, 0.2) is 23.0 Å². The van der Waals surface area contributed by atoms with Gasteiger partial charge in [0.25, 0.3) is 0 Å². The molecule has 0 atom stereocenters. The Kier molecular flexibility index (Phi) is 2.66. The summed E-state index contributed by atoms with van der Waals surface area (Å²) in [5, 5.41) is 8.89. The van der Waals surface area contributed by atoms with E-state index < -0.39 is 5.97 Å². The first kappa shape index (κ1) is 11.6. The fourth-order valence-electron chi connectivity index (χ4n) is 2.31. The van der Waals surface area contributed by atoms with Gasteiger partial charge in [-0.15, -0.1) is 0 Å². The Hall–Kier alpha value is -2.44. The minimum atomic E-state index is -0.983. The quantitative estimate of drug-likeness (QED) is 0.745. The lowest BCUT2D eigenvalue weighted by atomic mass is 10.1. The summed E-state index contributed by atoms with van der Waals surface area (Å²) in [5.74, 6) is 0.101. The summed E-state index contributed by atoms with van der Waals surface area (Å²) < 4.78 is 0. The number of nitrogen functional groups attached to an aromatic ring is 1. The average Bonchev–Trinajstić information content (AvgIpc) is 2.88. The van der Waals surface area contributed by atoms with Gasteiger partial charge in [-0.1, -0.05) is 0 Å². The van der Waals surface area contributed by atoms with Crippen LogP contribution in [-0.4, -0.2) is 38.3 Å². The smallest absolute Gasteiger partial charge is 0.354 e. The molecule has 0 unspecified atom stereocenters. The van der Waals surface area contributed by atoms with Crippen LogP contribution < -0.4 is 5.73 Å². The monoisotopic (exact) mass is 259 g/mol. The zero-order valence-electron chi connectivity index (χ0n) is 10.2. The van der Waals surface area contributed by atoms with E-state index in [4.69, 9.17) is 10.8 Å². The van der Waals surface area contributed by atoms with E-state index in [0.29, 0.717) is 18.9 Å². The van der Waals surface area contributed by atoms with Crippen LogP contribution in [0.2, 0.25) is 0 Å². The number of aliphatic imine (C=N–C) groups is 1. The van der Waals surface area contributed by atoms with Crippen LogP contribution in [0.3, 0.4) is 0 Å². The lowest BCUT2D eigenvalue weighted by Gasteiger charge is -2.29. The normalized spacial score (nSPS) is 17.8. The van der Waals surface area contributed by atoms with E-state index in [1.165, 1.54) is 0 Å². The molecule has 0 fully saturated rings. The highest BCUT2D eigenvalue weighted by atomic mass is 16.4. The summed E-state index contributed by atoms with van der Waals surface area (Å²) in [7, 11) is 0. The van der Waals surface area contributed by atoms with Gasteiger partial charge in [-0.25, -0.2) is 19.8 Å². The minimum Gasteiger partial charge on any atom is -0.477 e. The average molecular weight is 259 g/mol. The molecule has 0 spiro atoms. The maximum Gasteiger partial charge on any atom is 0.354 e. The first-order valence-corrected chi connectivity index (χ1v) is 5.99. The number of carboxylic acid groups (broad SMARTS) is 1. The van der Waals surface area contributed by atoms with E-state index >= 15 is 0 Å². The SMILES string of the molecule is Nc1ncc2c(n1)CCN(C1=NC(C(=O)O)=CC1)C2. The molecule has 2 aliphatic heterocycles. The van der Waals surface area contributed by atoms with Crippen molar-refractivity contribution in [2.45, 2.75) is 19.4 Å². The number of anilines is 1. The standard InChI is InChI=1S/C12H13N5O2/c13-12-14-5-7-6-17(4-3-8(7)16-12)10-2-1-9(15-10)11(18)19/h1,5H,2-4,6H2,(H,18,19)(H2,13,14,16). The third-order valence-electron chi connectivity index (χ3n) is 3.26. The van der Waals surface area contributed by atoms with Gasteiger partial charge in [0.2, 0.25) is 5.95 Å². The van der Waals surface area contributed by atoms with E-state index in [2.05, 4.69) is 19.9 Å². The van der Waals surface area contributed by atoms with Crippen molar-refractivity contribution in [1.29, 1.82) is 0 Å². The maximum atomic E-state index is 10.8. The van der Waals surface area contributed by atoms with E-state index in [-0.39, 0.29) is 5.70 Å². The van der Waals surface area contributed by atoms with E-state index in [1.807, 2.05) is 0 Å². The summed E-state index contributed by atoms with van der Waals surface area (Å²) in [5.41, 5.74) is 7.66. The Balaban J connectivity index is 1.79. The molecule has 0 saturated heterocycles. The molecule has 0 bridgehead atoms. The number of aliphatic carboxylic acids is 1. The van der Waals surface area contributed by atoms with Crippen LogP contribution in [0.5, 0.6) is 0 Å². The molecule has 3 heterocycles. The van der Waals surface area contributed by atoms with Gasteiger partial charge in [-0.3, -0.25) is 0 Å². The number of carboxylic acids is 1. The molecule has 0 radical (unpaired) electrons. The molecule has 2 aliphatic rings. The highest BCUT2D eigenvalue weighted by molar-refractivity contribution is 5.97. The lowest BCUT2D eigenvalue weighted by molar-refractivity contribution is -0.132. The number of hydrogen-bond donors (Lipinski definition) is 2. The van der Waals surface area contributed by atoms with E-state index in [9.17, 15) is 4.79 Å². The highest BCUT2D eigenvalue weighted by Gasteiger charge is 2.24. The molecule has 0 aliphatic carbocycles. The predicted molar refractivity (Wildman–Crippen MR) is 68.3 cm³/mol. The first-order valence-electron chi connectivity index (χ1n) is 5.99. The Morgan fingerprint density at radius 1 is 1.47 bits per heavy atom. The van der Waals surface area contributed by atoms with Gasteiger partial charge in [-0.05, 0) is 6.08 Å². The van der Waals surface area contributed by atoms with Gasteiger partial charge >= 0.3 is 5.97 Å². The summed E-state index contributed by atoms with van der Waals surface area (Å²) in [4.78, 5) is 25.2. The Labute approximate surface area is 109 Å². The molecule has 0 aromatic carbocycles. The zero-order valence-corrected chi connectivity index (χ0v) is 10.2. The molecule has 19 heavy (non-hydrogen) atoms. The predicted octanol–water partition coefficient (Wildman–Crippen LogP) is 0.188. The lowest BCUT2D eigenvalue weighted by Crippen LogP contribution is -2.35. The molecule has 0 amide bonds. The summed E-state index contributed by atoms with van der Waals surface area (Å²) in [6.07, 6.45) is 4.69. The Morgan fingerprint density at radius 3 is 3.05 bits per heavy atom. The van der Waals surface area contributed by atoms with Crippen LogP contribution in [0, 0.1) is 0 Å². The van der Waals surface area contributed by atoms with Gasteiger partial charge < -0.3 is 15.7 Å². The highest BCUT2D eigenvalue weighted by Crippen LogP contribution is 2.21. The Morgan fingerprint density at radius 2 is 2.32 bits per heavy atom. The van der Waals surface area contributed by atoms with Crippen LogP contribution >= 0.6 is 0 Å². The van der Waals surface area contributed by atoms with E-state index in [1.54, 1.807) is 12.3 Å². The van der Waals surface area contributed by atoms with Gasteiger partial charge in [-0.2, -0.15) is 0 Å². The molecule has 7 nitrogen and oxygen atoms in total. The number of carbonyl (C=O) groups is 1. The largest absolute Gasteiger partial charge is 0.477 e. The molecule has 7 heteroatoms. The second-order valence-corrected chi connectivity index (χ2v) is 4.50. The number of amidine groups is 1. The molecule has 98 valence electrons. The number of hydrogen-bond acceptors (Lipinski definition) is 6. The van der Waals surface area contributed by atoms with Crippen LogP contribution in [0.1, 0.15) is 17.7 Å². The third-order valence-corrected chi connectivity index (χ3v) is 3.26. The molecule has 1 aromatic heterocycles. The maximum absolute atomic E-state index is 10.8. The van der Waals surface area contributed by atoms with Crippen molar-refractivity contribution in [3.05, 3.63) is 29.2 Å². The zero-order chi connectivity index (χ0) is 13.4. The number of nitrogens with zero attached hydrogens (tertiary/aromatic N) is 4. The fraction of sp³-hybridized carbons (Fsp3) is 0.333. The van der Waals surface area contributed by atoms with Crippen LogP contribution in [0.25, 0.3) is 0 Å². The van der Waals surface area contributed by atoms with Crippen molar-refractivity contribution >= 4 is 17.8 Å². The van der Waals surface area contributed by atoms with Gasteiger partial charge in [0.15, 0.2) is 0 Å². The number of rotatable bonds is 1. The Bertz CT molecular complexity index is 608. The number of nitrogens with two attached hydrogens (primary N) is 1. The summed E-state index contributed by atoms with van der Waals surface area (Å²) in [6.45, 7) is 1.41. The minimum absolute atomic E-state index is 0.120. The molecule has 3 rings (SSSR count). The van der Waals surface area contributed by atoms with Crippen LogP contribution in [0.4, 0.5) is 5.95 Å². The van der Waals surface area contributed by atoms with Gasteiger partial charge in [0, 0.05) is 37.7 Å². The molecular weight excluding hydrogens is 246 g/mol. The molecule has 3 N–H and O–H groups in total. The van der Waals surface area contributed by atoms with Crippen molar-refractivity contribution < 1.29 is 9.90 Å². The van der Waals surface area contributed by atoms with Gasteiger partial charge in [0.1, 0.15) is 11.5 Å². The van der Waals surface area contributed by atoms with Crippen molar-refractivity contribution in [2.24, 2.45) is 4.99 Å². The van der Waals surface area contributed by atoms with Crippen molar-refractivity contribution in [3.63, 3.8) is 0 Å². The fourth-order valence-corrected chi connectivity index (χ4v) is 2.31. The molecule has 1 aromatic rings. The van der Waals surface area contributed by atoms with Crippen molar-refractivity contribution in [2.75, 3.05) is 12.3 Å². The van der Waals surface area contributed by atoms with Crippen molar-refractivity contribution in [1.82, 2.24) is 14.9 Å². The summed E-state index contributed by atoms with van der Waals surface area (Å²) >= 11 is 0. The third kappa shape index (κ3) is 2.14. The van der Waals surface area contributed by atoms with Crippen LogP contribution in [-0.2, 0) is 17.8 Å². The van der Waals surface area contributed by atoms with E-state index in [0.717, 1.165) is 30.1 Å². The molecular formula is C12H13N5O2. The van der Waals surface area contributed by atoms with Crippen molar-refractivity contribution in [3.8, 4) is 0 Å². The first-order chi connectivity index (χ1) is 9.13. The summed E-state index contributed by atoms with van der Waals surface area (Å²) in [6, 6.07) is 0. The topological polar surface area (TPSA) is 105 Å². The van der Waals surface area contributed by atoms with Gasteiger partial charge in [0.05, 0.1) is 5.69 Å². The second kappa shape index (κ2) is 4.34. The second-order valence-electron chi connectivity index (χ2n) is 4.50. The number of aromatic nitrogens is 2. The number of fused-ring (bicyclic) bond motifs is 1. The molecule has 0 saturated carbocycles.